The van der Waals surface area contributed by atoms with Crippen molar-refractivity contribution in [1.82, 2.24) is 10.2 Å². The molecule has 0 aliphatic carbocycles. The maximum atomic E-state index is 13.7. The number of carbonyl (C=O) groups excluding carboxylic acids is 2. The van der Waals surface area contributed by atoms with Gasteiger partial charge in [-0.2, -0.15) is 0 Å². The molecule has 0 spiro atoms. The molecule has 1 atom stereocenters. The van der Waals surface area contributed by atoms with Crippen molar-refractivity contribution in [2.45, 2.75) is 32.7 Å². The van der Waals surface area contributed by atoms with Gasteiger partial charge in [0.2, 0.25) is 5.91 Å². The molecule has 0 aromatic heterocycles. The second-order valence-electron chi connectivity index (χ2n) is 6.90. The topological polar surface area (TPSA) is 49.4 Å². The van der Waals surface area contributed by atoms with Crippen molar-refractivity contribution in [1.29, 1.82) is 0 Å². The minimum Gasteiger partial charge on any atom is -0.343 e. The minimum atomic E-state index is -0.950. The molecule has 0 bridgehead atoms. The van der Waals surface area contributed by atoms with E-state index in [1.165, 1.54) is 11.1 Å². The van der Waals surface area contributed by atoms with E-state index in [1.54, 1.807) is 4.90 Å². The zero-order chi connectivity index (χ0) is 19.6. The highest BCUT2D eigenvalue weighted by Crippen LogP contribution is 2.32. The number of amides is 2. The fraction of sp³-hybridized carbons (Fsp3) is 0.333. The summed E-state index contributed by atoms with van der Waals surface area (Å²) in [6.45, 7) is 4.48. The number of halogens is 2. The van der Waals surface area contributed by atoms with Crippen LogP contribution in [0.3, 0.4) is 0 Å². The van der Waals surface area contributed by atoms with E-state index in [0.29, 0.717) is 12.6 Å². The van der Waals surface area contributed by atoms with Crippen LogP contribution >= 0.6 is 0 Å². The molecule has 2 aromatic carbocycles. The number of likely N-dealkylation sites (tertiary alicyclic amines) is 1. The summed E-state index contributed by atoms with van der Waals surface area (Å²) < 4.78 is 26.6. The van der Waals surface area contributed by atoms with E-state index in [2.05, 4.69) is 11.4 Å². The van der Waals surface area contributed by atoms with Gasteiger partial charge >= 0.3 is 0 Å². The second kappa shape index (κ2) is 7.86. The van der Waals surface area contributed by atoms with Crippen LogP contribution in [0.2, 0.25) is 0 Å². The predicted octanol–water partition coefficient (Wildman–Crippen LogP) is 3.68. The number of benzene rings is 2. The second-order valence-corrected chi connectivity index (χ2v) is 6.90. The van der Waals surface area contributed by atoms with Gasteiger partial charge in [-0.05, 0) is 55.5 Å². The highest BCUT2D eigenvalue weighted by atomic mass is 19.1. The Labute approximate surface area is 157 Å². The lowest BCUT2D eigenvalue weighted by Gasteiger charge is -2.26. The molecule has 0 radical (unpaired) electrons. The Morgan fingerprint density at radius 2 is 1.89 bits per heavy atom. The van der Waals surface area contributed by atoms with Crippen LogP contribution in [-0.2, 0) is 4.79 Å². The Hall–Kier alpha value is -2.76. The summed E-state index contributed by atoms with van der Waals surface area (Å²) in [5.41, 5.74) is 3.17. The fourth-order valence-corrected chi connectivity index (χ4v) is 3.41. The van der Waals surface area contributed by atoms with E-state index in [0.717, 1.165) is 30.5 Å². The number of hydrogen-bond donors (Lipinski definition) is 1. The number of nitrogens with one attached hydrogen (secondary N) is 1. The molecule has 6 heteroatoms. The SMILES string of the molecule is Cc1ccc(C2CCCN2C(=O)CNC(=O)c2ccc(F)cc2F)cc1C. The van der Waals surface area contributed by atoms with Crippen LogP contribution in [0.1, 0.15) is 45.9 Å². The molecule has 1 unspecified atom stereocenters. The summed E-state index contributed by atoms with van der Waals surface area (Å²) in [4.78, 5) is 26.5. The summed E-state index contributed by atoms with van der Waals surface area (Å²) in [5, 5.41) is 2.44. The number of aryl methyl sites for hydroxylation is 2. The number of carbonyl (C=O) groups is 2. The molecule has 0 saturated carbocycles. The Morgan fingerprint density at radius 3 is 2.59 bits per heavy atom. The molecule has 1 saturated heterocycles. The Kier molecular flexibility index (Phi) is 5.54. The van der Waals surface area contributed by atoms with Crippen molar-refractivity contribution in [3.05, 3.63) is 70.3 Å². The molecule has 1 aliphatic rings. The Bertz CT molecular complexity index is 882. The number of rotatable bonds is 4. The summed E-state index contributed by atoms with van der Waals surface area (Å²) in [6.07, 6.45) is 1.76. The largest absolute Gasteiger partial charge is 0.343 e. The van der Waals surface area contributed by atoms with Crippen LogP contribution in [-0.4, -0.2) is 29.8 Å². The zero-order valence-corrected chi connectivity index (χ0v) is 15.4. The van der Waals surface area contributed by atoms with E-state index in [1.807, 2.05) is 26.0 Å². The van der Waals surface area contributed by atoms with Crippen molar-refractivity contribution >= 4 is 11.8 Å². The zero-order valence-electron chi connectivity index (χ0n) is 15.4. The van der Waals surface area contributed by atoms with Gasteiger partial charge in [0.25, 0.3) is 5.91 Å². The third-order valence-electron chi connectivity index (χ3n) is 5.06. The first-order valence-electron chi connectivity index (χ1n) is 8.96. The Morgan fingerprint density at radius 1 is 1.11 bits per heavy atom. The van der Waals surface area contributed by atoms with Gasteiger partial charge in [0.15, 0.2) is 0 Å². The molecule has 1 heterocycles. The molecule has 142 valence electrons. The normalized spacial score (nSPS) is 16.4. The lowest BCUT2D eigenvalue weighted by molar-refractivity contribution is -0.131. The first kappa shape index (κ1) is 19.0. The average molecular weight is 372 g/mol. The fourth-order valence-electron chi connectivity index (χ4n) is 3.41. The van der Waals surface area contributed by atoms with Gasteiger partial charge < -0.3 is 10.2 Å². The van der Waals surface area contributed by atoms with Gasteiger partial charge in [-0.1, -0.05) is 18.2 Å². The quantitative estimate of drug-likeness (QED) is 0.890. The smallest absolute Gasteiger partial charge is 0.254 e. The predicted molar refractivity (Wildman–Crippen MR) is 98.3 cm³/mol. The molecule has 4 nitrogen and oxygen atoms in total. The maximum Gasteiger partial charge on any atom is 0.254 e. The average Bonchev–Trinajstić information content (AvgIpc) is 3.11. The summed E-state index contributed by atoms with van der Waals surface area (Å²) in [6, 6.07) is 8.88. The third-order valence-corrected chi connectivity index (χ3v) is 5.06. The third kappa shape index (κ3) is 4.15. The molecule has 27 heavy (non-hydrogen) atoms. The van der Waals surface area contributed by atoms with E-state index in [9.17, 15) is 18.4 Å². The first-order chi connectivity index (χ1) is 12.9. The van der Waals surface area contributed by atoms with Crippen LogP contribution in [0.25, 0.3) is 0 Å². The van der Waals surface area contributed by atoms with Crippen molar-refractivity contribution < 1.29 is 18.4 Å². The van der Waals surface area contributed by atoms with Crippen molar-refractivity contribution in [3.8, 4) is 0 Å². The highest BCUT2D eigenvalue weighted by Gasteiger charge is 2.30. The Balaban J connectivity index is 1.66. The van der Waals surface area contributed by atoms with Gasteiger partial charge in [-0.3, -0.25) is 9.59 Å². The standard InChI is InChI=1S/C21H22F2N2O2/c1-13-5-6-15(10-14(13)2)19-4-3-9-25(19)20(26)12-24-21(27)17-8-7-16(22)11-18(17)23/h5-8,10-11,19H,3-4,9,12H2,1-2H3,(H,24,27). The first-order valence-corrected chi connectivity index (χ1v) is 8.96. The molecular weight excluding hydrogens is 350 g/mol. The van der Waals surface area contributed by atoms with E-state index >= 15 is 0 Å². The molecule has 1 aliphatic heterocycles. The van der Waals surface area contributed by atoms with Crippen molar-refractivity contribution in [2.75, 3.05) is 13.1 Å². The van der Waals surface area contributed by atoms with Crippen molar-refractivity contribution in [3.63, 3.8) is 0 Å². The van der Waals surface area contributed by atoms with Gasteiger partial charge in [0, 0.05) is 12.6 Å². The molecule has 2 amide bonds. The number of hydrogen-bond acceptors (Lipinski definition) is 2. The highest BCUT2D eigenvalue weighted by molar-refractivity contribution is 5.96. The van der Waals surface area contributed by atoms with Crippen LogP contribution in [0.15, 0.2) is 36.4 Å². The summed E-state index contributed by atoms with van der Waals surface area (Å²) in [7, 11) is 0. The summed E-state index contributed by atoms with van der Waals surface area (Å²) >= 11 is 0. The van der Waals surface area contributed by atoms with E-state index in [4.69, 9.17) is 0 Å². The minimum absolute atomic E-state index is 0.0174. The van der Waals surface area contributed by atoms with Crippen LogP contribution in [0, 0.1) is 25.5 Å². The van der Waals surface area contributed by atoms with Crippen LogP contribution in [0.5, 0.6) is 0 Å². The molecule has 1 N–H and O–H groups in total. The lowest BCUT2D eigenvalue weighted by Crippen LogP contribution is -2.40. The summed E-state index contributed by atoms with van der Waals surface area (Å²) in [5.74, 6) is -2.66. The molecule has 2 aromatic rings. The maximum absolute atomic E-state index is 13.7. The molecule has 3 rings (SSSR count). The molecule has 1 fully saturated rings. The number of nitrogens with zero attached hydrogens (tertiary/aromatic N) is 1. The monoisotopic (exact) mass is 372 g/mol. The van der Waals surface area contributed by atoms with Gasteiger partial charge in [-0.25, -0.2) is 8.78 Å². The lowest BCUT2D eigenvalue weighted by atomic mass is 9.99. The van der Waals surface area contributed by atoms with Crippen LogP contribution in [0.4, 0.5) is 8.78 Å². The van der Waals surface area contributed by atoms with E-state index in [-0.39, 0.29) is 24.1 Å². The molecular formula is C21H22F2N2O2. The van der Waals surface area contributed by atoms with Crippen LogP contribution < -0.4 is 5.32 Å². The van der Waals surface area contributed by atoms with Gasteiger partial charge in [-0.15, -0.1) is 0 Å². The van der Waals surface area contributed by atoms with E-state index < -0.39 is 17.5 Å². The van der Waals surface area contributed by atoms with Crippen molar-refractivity contribution in [2.24, 2.45) is 0 Å². The van der Waals surface area contributed by atoms with Gasteiger partial charge in [0.1, 0.15) is 11.6 Å². The van der Waals surface area contributed by atoms with Gasteiger partial charge in [0.05, 0.1) is 18.2 Å².